The maximum Gasteiger partial charge on any atom is 0.336 e. The van der Waals surface area contributed by atoms with Gasteiger partial charge in [0.05, 0.1) is 6.20 Å². The predicted octanol–water partition coefficient (Wildman–Crippen LogP) is 2.69. The summed E-state index contributed by atoms with van der Waals surface area (Å²) in [5.41, 5.74) is -0.0378. The number of thioether (sulfide) groups is 1. The van der Waals surface area contributed by atoms with Gasteiger partial charge in [0, 0.05) is 23.3 Å². The summed E-state index contributed by atoms with van der Waals surface area (Å²) in [6.45, 7) is 0.193. The fraction of sp³-hybridized carbons (Fsp3) is 0.238. The van der Waals surface area contributed by atoms with Crippen molar-refractivity contribution in [2.75, 3.05) is 5.75 Å². The van der Waals surface area contributed by atoms with Crippen LogP contribution in [0.1, 0.15) is 12.8 Å². The third-order valence-electron chi connectivity index (χ3n) is 4.50. The minimum atomic E-state index is -1.89. The average molecular weight is 411 g/mol. The molecule has 2 aromatic carbocycles. The maximum atomic E-state index is 11.6. The van der Waals surface area contributed by atoms with Crippen LogP contribution < -0.4 is 5.56 Å². The highest BCUT2D eigenvalue weighted by atomic mass is 32.2. The first-order valence-electron chi connectivity index (χ1n) is 9.11. The normalized spacial score (nSPS) is 13.0. The summed E-state index contributed by atoms with van der Waals surface area (Å²) >= 11 is 1.28. The summed E-state index contributed by atoms with van der Waals surface area (Å²) < 4.78 is 1.15. The second-order valence-corrected chi connectivity index (χ2v) is 7.65. The summed E-state index contributed by atoms with van der Waals surface area (Å²) in [6.07, 6.45) is 1.58. The zero-order valence-electron chi connectivity index (χ0n) is 15.6. The van der Waals surface area contributed by atoms with E-state index in [-0.39, 0.29) is 30.7 Å². The highest BCUT2D eigenvalue weighted by Crippen LogP contribution is 2.28. The summed E-state index contributed by atoms with van der Waals surface area (Å²) in [7, 11) is 0. The molecule has 2 N–H and O–H groups in total. The van der Waals surface area contributed by atoms with Crippen molar-refractivity contribution < 1.29 is 15.0 Å². The molecular formula is C21H21N3O4S. The van der Waals surface area contributed by atoms with E-state index >= 15 is 0 Å². The lowest BCUT2D eigenvalue weighted by Gasteiger charge is -2.23. The molecule has 1 heterocycles. The van der Waals surface area contributed by atoms with Crippen LogP contribution in [0.4, 0.5) is 0 Å². The standard InChI is InChI=1S/C21H21N3O4S/c25-19-11-13-22-23-24(19)14-4-12-21(28,20(26)27)15-29-18-9-7-17(8-10-18)16-5-2-1-3-6-16/h1-3,5-11,13,28H,4,12,14-15H2,(H,26,27). The Bertz CT molecular complexity index is 1010. The van der Waals surface area contributed by atoms with Gasteiger partial charge in [-0.2, -0.15) is 0 Å². The maximum absolute atomic E-state index is 11.6. The topological polar surface area (TPSA) is 105 Å². The Hall–Kier alpha value is -2.97. The van der Waals surface area contributed by atoms with E-state index in [9.17, 15) is 19.8 Å². The minimum absolute atomic E-state index is 0.000443. The first kappa shape index (κ1) is 20.8. The second-order valence-electron chi connectivity index (χ2n) is 6.60. The van der Waals surface area contributed by atoms with Gasteiger partial charge in [0.2, 0.25) is 0 Å². The van der Waals surface area contributed by atoms with Crippen LogP contribution in [0.2, 0.25) is 0 Å². The number of aryl methyl sites for hydroxylation is 1. The number of nitrogens with zero attached hydrogens (tertiary/aromatic N) is 3. The first-order valence-corrected chi connectivity index (χ1v) is 10.1. The van der Waals surface area contributed by atoms with Crippen LogP contribution in [-0.4, -0.2) is 42.5 Å². The smallest absolute Gasteiger partial charge is 0.336 e. The number of hydrogen-bond donors (Lipinski definition) is 2. The van der Waals surface area contributed by atoms with Crippen molar-refractivity contribution in [2.45, 2.75) is 29.9 Å². The molecule has 1 atom stereocenters. The molecule has 0 fully saturated rings. The molecule has 0 saturated carbocycles. The third-order valence-corrected chi connectivity index (χ3v) is 5.72. The van der Waals surface area contributed by atoms with E-state index < -0.39 is 11.6 Å². The quantitative estimate of drug-likeness (QED) is 0.522. The van der Waals surface area contributed by atoms with Crippen molar-refractivity contribution in [3.63, 3.8) is 0 Å². The van der Waals surface area contributed by atoms with Crippen molar-refractivity contribution in [1.29, 1.82) is 0 Å². The van der Waals surface area contributed by atoms with Crippen molar-refractivity contribution in [1.82, 2.24) is 15.0 Å². The monoisotopic (exact) mass is 411 g/mol. The molecule has 8 heteroatoms. The number of carboxylic acid groups (broad SMARTS) is 1. The molecule has 0 saturated heterocycles. The van der Waals surface area contributed by atoms with Crippen molar-refractivity contribution in [3.05, 3.63) is 77.2 Å². The second kappa shape index (κ2) is 9.49. The van der Waals surface area contributed by atoms with E-state index in [0.717, 1.165) is 20.7 Å². The molecule has 0 radical (unpaired) electrons. The van der Waals surface area contributed by atoms with Gasteiger partial charge in [-0.05, 0) is 36.1 Å². The van der Waals surface area contributed by atoms with Crippen LogP contribution in [0.3, 0.4) is 0 Å². The van der Waals surface area contributed by atoms with Gasteiger partial charge in [0.1, 0.15) is 0 Å². The van der Waals surface area contributed by atoms with E-state index in [1.165, 1.54) is 24.0 Å². The number of hydrogen-bond acceptors (Lipinski definition) is 6. The lowest BCUT2D eigenvalue weighted by Crippen LogP contribution is -2.41. The van der Waals surface area contributed by atoms with Gasteiger partial charge in [0.25, 0.3) is 5.56 Å². The summed E-state index contributed by atoms with van der Waals surface area (Å²) in [6, 6.07) is 19.0. The molecule has 3 aromatic rings. The number of rotatable bonds is 9. The van der Waals surface area contributed by atoms with E-state index in [0.29, 0.717) is 0 Å². The van der Waals surface area contributed by atoms with E-state index in [1.54, 1.807) is 0 Å². The molecule has 1 aromatic heterocycles. The summed E-state index contributed by atoms with van der Waals surface area (Å²) in [4.78, 5) is 24.1. The Labute approximate surface area is 172 Å². The first-order chi connectivity index (χ1) is 14.0. The Morgan fingerprint density at radius 3 is 2.38 bits per heavy atom. The number of aromatic nitrogens is 3. The van der Waals surface area contributed by atoms with Crippen LogP contribution in [0, 0.1) is 0 Å². The van der Waals surface area contributed by atoms with Crippen LogP contribution in [0.5, 0.6) is 0 Å². The molecule has 0 aliphatic rings. The Morgan fingerprint density at radius 1 is 1.03 bits per heavy atom. The van der Waals surface area contributed by atoms with Gasteiger partial charge in [0.15, 0.2) is 5.60 Å². The fourth-order valence-corrected chi connectivity index (χ4v) is 3.82. The van der Waals surface area contributed by atoms with Crippen LogP contribution >= 0.6 is 11.8 Å². The molecule has 1 unspecified atom stereocenters. The number of aliphatic carboxylic acids is 1. The lowest BCUT2D eigenvalue weighted by molar-refractivity contribution is -0.156. The number of aliphatic hydroxyl groups is 1. The Morgan fingerprint density at radius 2 is 1.72 bits per heavy atom. The zero-order chi connectivity index (χ0) is 20.7. The zero-order valence-corrected chi connectivity index (χ0v) is 16.5. The van der Waals surface area contributed by atoms with Gasteiger partial charge >= 0.3 is 5.97 Å². The largest absolute Gasteiger partial charge is 0.479 e. The molecule has 0 aliphatic heterocycles. The molecule has 29 heavy (non-hydrogen) atoms. The number of benzene rings is 2. The molecule has 7 nitrogen and oxygen atoms in total. The summed E-state index contributed by atoms with van der Waals surface area (Å²) in [5, 5.41) is 27.4. The number of carboxylic acids is 1. The predicted molar refractivity (Wildman–Crippen MR) is 111 cm³/mol. The molecule has 0 bridgehead atoms. The summed E-state index contributed by atoms with van der Waals surface area (Å²) in [5.74, 6) is -1.28. The average Bonchev–Trinajstić information content (AvgIpc) is 2.74. The Kier molecular flexibility index (Phi) is 6.79. The van der Waals surface area contributed by atoms with Crippen LogP contribution in [0.15, 0.2) is 76.6 Å². The van der Waals surface area contributed by atoms with E-state index in [1.807, 2.05) is 54.6 Å². The van der Waals surface area contributed by atoms with E-state index in [2.05, 4.69) is 10.3 Å². The molecule has 0 aliphatic carbocycles. The van der Waals surface area contributed by atoms with Crippen molar-refractivity contribution >= 4 is 17.7 Å². The molecule has 0 spiro atoms. The van der Waals surface area contributed by atoms with Crippen molar-refractivity contribution in [2.24, 2.45) is 0 Å². The van der Waals surface area contributed by atoms with E-state index in [4.69, 9.17) is 0 Å². The SMILES string of the molecule is O=C(O)C(O)(CCCn1nnccc1=O)CSc1ccc(-c2ccccc2)cc1. The van der Waals surface area contributed by atoms with Gasteiger partial charge in [-0.25, -0.2) is 9.48 Å². The van der Waals surface area contributed by atoms with Gasteiger partial charge in [-0.1, -0.05) is 47.7 Å². The molecule has 0 amide bonds. The van der Waals surface area contributed by atoms with Crippen molar-refractivity contribution in [3.8, 4) is 11.1 Å². The third kappa shape index (κ3) is 5.52. The highest BCUT2D eigenvalue weighted by molar-refractivity contribution is 7.99. The molecular weight excluding hydrogens is 390 g/mol. The van der Waals surface area contributed by atoms with Crippen LogP contribution in [0.25, 0.3) is 11.1 Å². The molecule has 150 valence electrons. The lowest BCUT2D eigenvalue weighted by atomic mass is 10.0. The molecule has 3 rings (SSSR count). The number of carbonyl (C=O) groups is 1. The van der Waals surface area contributed by atoms with Crippen LogP contribution in [-0.2, 0) is 11.3 Å². The highest BCUT2D eigenvalue weighted by Gasteiger charge is 2.35. The minimum Gasteiger partial charge on any atom is -0.479 e. The van der Waals surface area contributed by atoms with Gasteiger partial charge in [-0.15, -0.1) is 16.9 Å². The van der Waals surface area contributed by atoms with Gasteiger partial charge in [-0.3, -0.25) is 4.79 Å². The van der Waals surface area contributed by atoms with Gasteiger partial charge < -0.3 is 10.2 Å². The fourth-order valence-electron chi connectivity index (χ4n) is 2.81. The Balaban J connectivity index is 1.59.